The monoisotopic (exact) mass is 314 g/mol. The number of rotatable bonds is 4. The Morgan fingerprint density at radius 1 is 1.45 bits per heavy atom. The topological polar surface area (TPSA) is 46.3 Å². The molecule has 0 radical (unpaired) electrons. The predicted octanol–water partition coefficient (Wildman–Crippen LogP) is 2.62. The standard InChI is InChI=1S/C15H22N2OS.ClH/c1-11-3-4-12(2)14(7-11)19-10-15(18)17-6-5-13(8-16)9-17;/h3-4,7,13H,5-6,8-10,16H2,1-2H3;1H. The van der Waals surface area contributed by atoms with Gasteiger partial charge in [0.15, 0.2) is 0 Å². The number of carbonyl (C=O) groups is 1. The molecule has 0 aromatic heterocycles. The van der Waals surface area contributed by atoms with Gasteiger partial charge in [0, 0.05) is 18.0 Å². The molecule has 1 fully saturated rings. The van der Waals surface area contributed by atoms with Gasteiger partial charge in [-0.3, -0.25) is 4.79 Å². The van der Waals surface area contributed by atoms with E-state index in [1.165, 1.54) is 16.0 Å². The minimum Gasteiger partial charge on any atom is -0.342 e. The third-order valence-electron chi connectivity index (χ3n) is 3.67. The van der Waals surface area contributed by atoms with Gasteiger partial charge < -0.3 is 10.6 Å². The number of benzene rings is 1. The number of nitrogens with zero attached hydrogens (tertiary/aromatic N) is 1. The third kappa shape index (κ3) is 4.40. The van der Waals surface area contributed by atoms with E-state index >= 15 is 0 Å². The highest BCUT2D eigenvalue weighted by molar-refractivity contribution is 8.00. The van der Waals surface area contributed by atoms with E-state index in [-0.39, 0.29) is 18.3 Å². The van der Waals surface area contributed by atoms with Crippen molar-refractivity contribution in [2.45, 2.75) is 25.2 Å². The zero-order chi connectivity index (χ0) is 13.8. The number of aryl methyl sites for hydroxylation is 2. The van der Waals surface area contributed by atoms with Gasteiger partial charge in [-0.1, -0.05) is 17.7 Å². The van der Waals surface area contributed by atoms with E-state index < -0.39 is 0 Å². The fourth-order valence-electron chi connectivity index (χ4n) is 2.35. The van der Waals surface area contributed by atoms with Crippen molar-refractivity contribution >= 4 is 30.1 Å². The van der Waals surface area contributed by atoms with E-state index in [1.54, 1.807) is 11.8 Å². The lowest BCUT2D eigenvalue weighted by Crippen LogP contribution is -2.31. The van der Waals surface area contributed by atoms with Gasteiger partial charge >= 0.3 is 0 Å². The Labute approximate surface area is 131 Å². The molecule has 1 aliphatic heterocycles. The summed E-state index contributed by atoms with van der Waals surface area (Å²) in [6.45, 7) is 6.56. The molecule has 112 valence electrons. The van der Waals surface area contributed by atoms with Crippen molar-refractivity contribution in [2.75, 3.05) is 25.4 Å². The van der Waals surface area contributed by atoms with Gasteiger partial charge in [0.2, 0.25) is 5.91 Å². The van der Waals surface area contributed by atoms with Gasteiger partial charge in [-0.05, 0) is 44.4 Å². The van der Waals surface area contributed by atoms with E-state index in [4.69, 9.17) is 5.73 Å². The van der Waals surface area contributed by atoms with Crippen molar-refractivity contribution in [1.29, 1.82) is 0 Å². The smallest absolute Gasteiger partial charge is 0.232 e. The second kappa shape index (κ2) is 7.91. The number of thioether (sulfide) groups is 1. The second-order valence-corrected chi connectivity index (χ2v) is 6.30. The Balaban J connectivity index is 0.00000200. The zero-order valence-electron chi connectivity index (χ0n) is 12.1. The van der Waals surface area contributed by atoms with E-state index in [2.05, 4.69) is 32.0 Å². The Morgan fingerprint density at radius 3 is 2.85 bits per heavy atom. The summed E-state index contributed by atoms with van der Waals surface area (Å²) in [5.74, 6) is 1.26. The van der Waals surface area contributed by atoms with E-state index in [0.29, 0.717) is 18.2 Å². The molecule has 1 heterocycles. The maximum atomic E-state index is 12.1. The van der Waals surface area contributed by atoms with Gasteiger partial charge in [0.05, 0.1) is 5.75 Å². The number of amides is 1. The van der Waals surface area contributed by atoms with Crippen LogP contribution < -0.4 is 5.73 Å². The highest BCUT2D eigenvalue weighted by Gasteiger charge is 2.24. The summed E-state index contributed by atoms with van der Waals surface area (Å²) in [4.78, 5) is 15.3. The summed E-state index contributed by atoms with van der Waals surface area (Å²) >= 11 is 1.64. The maximum Gasteiger partial charge on any atom is 0.232 e. The van der Waals surface area contributed by atoms with Crippen LogP contribution in [0.4, 0.5) is 0 Å². The lowest BCUT2D eigenvalue weighted by Gasteiger charge is -2.16. The van der Waals surface area contributed by atoms with Crippen molar-refractivity contribution in [3.63, 3.8) is 0 Å². The van der Waals surface area contributed by atoms with Gasteiger partial charge in [0.25, 0.3) is 0 Å². The normalized spacial score (nSPS) is 17.9. The molecule has 3 nitrogen and oxygen atoms in total. The Hall–Kier alpha value is -0.710. The molecule has 0 aliphatic carbocycles. The molecular weight excluding hydrogens is 292 g/mol. The molecule has 1 aromatic rings. The number of carbonyl (C=O) groups excluding carboxylic acids is 1. The lowest BCUT2D eigenvalue weighted by molar-refractivity contribution is -0.127. The number of likely N-dealkylation sites (tertiary alicyclic amines) is 1. The molecule has 20 heavy (non-hydrogen) atoms. The summed E-state index contributed by atoms with van der Waals surface area (Å²) in [5, 5.41) is 0. The SMILES string of the molecule is Cc1ccc(C)c(SCC(=O)N2CCC(CN)C2)c1.Cl. The third-order valence-corrected chi connectivity index (χ3v) is 4.81. The molecule has 2 N–H and O–H groups in total. The lowest BCUT2D eigenvalue weighted by atomic mass is 10.1. The minimum atomic E-state index is 0. The average Bonchev–Trinajstić information content (AvgIpc) is 2.88. The molecule has 0 bridgehead atoms. The van der Waals surface area contributed by atoms with Crippen LogP contribution in [0.25, 0.3) is 0 Å². The average molecular weight is 315 g/mol. The number of nitrogens with two attached hydrogens (primary N) is 1. The summed E-state index contributed by atoms with van der Waals surface area (Å²) in [7, 11) is 0. The first-order valence-electron chi connectivity index (χ1n) is 6.78. The Morgan fingerprint density at radius 2 is 2.20 bits per heavy atom. The first-order valence-corrected chi connectivity index (χ1v) is 7.76. The van der Waals surface area contributed by atoms with Crippen LogP contribution in [0, 0.1) is 19.8 Å². The van der Waals surface area contributed by atoms with E-state index in [1.807, 2.05) is 4.90 Å². The molecule has 1 aromatic carbocycles. The van der Waals surface area contributed by atoms with Crippen molar-refractivity contribution in [3.05, 3.63) is 29.3 Å². The van der Waals surface area contributed by atoms with E-state index in [0.717, 1.165) is 19.5 Å². The Bertz CT molecular complexity index is 467. The second-order valence-electron chi connectivity index (χ2n) is 5.29. The molecule has 1 atom stereocenters. The van der Waals surface area contributed by atoms with Crippen LogP contribution in [-0.4, -0.2) is 36.2 Å². The van der Waals surface area contributed by atoms with E-state index in [9.17, 15) is 4.79 Å². The van der Waals surface area contributed by atoms with Crippen molar-refractivity contribution in [3.8, 4) is 0 Å². The summed E-state index contributed by atoms with van der Waals surface area (Å²) in [6.07, 6.45) is 1.05. The summed E-state index contributed by atoms with van der Waals surface area (Å²) < 4.78 is 0. The number of hydrogen-bond acceptors (Lipinski definition) is 3. The highest BCUT2D eigenvalue weighted by atomic mass is 35.5. The molecule has 2 rings (SSSR count). The first-order chi connectivity index (χ1) is 9.10. The van der Waals surface area contributed by atoms with Crippen LogP contribution in [0.5, 0.6) is 0 Å². The predicted molar refractivity (Wildman–Crippen MR) is 87.6 cm³/mol. The van der Waals surface area contributed by atoms with Gasteiger partial charge in [-0.2, -0.15) is 0 Å². The molecular formula is C15H23ClN2OS. The van der Waals surface area contributed by atoms with Crippen LogP contribution in [-0.2, 0) is 4.79 Å². The zero-order valence-corrected chi connectivity index (χ0v) is 13.7. The quantitative estimate of drug-likeness (QED) is 0.869. The molecule has 1 amide bonds. The fraction of sp³-hybridized carbons (Fsp3) is 0.533. The minimum absolute atomic E-state index is 0. The number of hydrogen-bond donors (Lipinski definition) is 1. The van der Waals surface area contributed by atoms with Crippen molar-refractivity contribution in [2.24, 2.45) is 11.7 Å². The molecule has 1 saturated heterocycles. The molecule has 5 heteroatoms. The molecule has 0 saturated carbocycles. The highest BCUT2D eigenvalue weighted by Crippen LogP contribution is 2.25. The van der Waals surface area contributed by atoms with Crippen LogP contribution in [0.15, 0.2) is 23.1 Å². The van der Waals surface area contributed by atoms with Crippen LogP contribution in [0.1, 0.15) is 17.5 Å². The summed E-state index contributed by atoms with van der Waals surface area (Å²) in [5.41, 5.74) is 8.14. The summed E-state index contributed by atoms with van der Waals surface area (Å²) in [6, 6.07) is 6.37. The molecule has 1 aliphatic rings. The Kier molecular flexibility index (Phi) is 6.86. The molecule has 0 spiro atoms. The van der Waals surface area contributed by atoms with Crippen LogP contribution >= 0.6 is 24.2 Å². The maximum absolute atomic E-state index is 12.1. The van der Waals surface area contributed by atoms with Gasteiger partial charge in [-0.15, -0.1) is 24.2 Å². The fourth-order valence-corrected chi connectivity index (χ4v) is 3.37. The first kappa shape index (κ1) is 17.3. The largest absolute Gasteiger partial charge is 0.342 e. The van der Waals surface area contributed by atoms with Crippen molar-refractivity contribution < 1.29 is 4.79 Å². The van der Waals surface area contributed by atoms with Gasteiger partial charge in [0.1, 0.15) is 0 Å². The van der Waals surface area contributed by atoms with Crippen LogP contribution in [0.3, 0.4) is 0 Å². The molecule has 1 unspecified atom stereocenters. The van der Waals surface area contributed by atoms with Crippen LogP contribution in [0.2, 0.25) is 0 Å². The van der Waals surface area contributed by atoms with Gasteiger partial charge in [-0.25, -0.2) is 0 Å². The number of halogens is 1. The van der Waals surface area contributed by atoms with Crippen molar-refractivity contribution in [1.82, 2.24) is 4.90 Å².